The Morgan fingerprint density at radius 1 is 1.48 bits per heavy atom. The van der Waals surface area contributed by atoms with Gasteiger partial charge in [-0.3, -0.25) is 4.79 Å². The van der Waals surface area contributed by atoms with Gasteiger partial charge < -0.3 is 5.11 Å². The molecule has 1 saturated heterocycles. The average molecular weight is 333 g/mol. The number of hydrogen-bond acceptors (Lipinski definition) is 5. The molecule has 1 aliphatic rings. The first-order valence-electron chi connectivity index (χ1n) is 6.64. The summed E-state index contributed by atoms with van der Waals surface area (Å²) in [5.74, 6) is -1.31. The molecule has 9 heteroatoms. The van der Waals surface area contributed by atoms with Gasteiger partial charge in [-0.1, -0.05) is 0 Å². The number of aliphatic carboxylic acids is 1. The molecule has 0 spiro atoms. The molecule has 0 amide bonds. The number of nitrogens with one attached hydrogen (secondary N) is 1. The number of hydrogen-bond donors (Lipinski definition) is 2. The van der Waals surface area contributed by atoms with Gasteiger partial charge in [0, 0.05) is 24.7 Å². The zero-order valence-electron chi connectivity index (χ0n) is 11.9. The van der Waals surface area contributed by atoms with Gasteiger partial charge in [0.25, 0.3) is 10.2 Å². The number of aromatic nitrogens is 1. The first kappa shape index (κ1) is 16.3. The number of piperidine rings is 1. The van der Waals surface area contributed by atoms with E-state index in [9.17, 15) is 13.2 Å². The number of rotatable bonds is 5. The third-order valence-corrected chi connectivity index (χ3v) is 6.40. The third-order valence-electron chi connectivity index (χ3n) is 3.49. The minimum absolute atomic E-state index is 0.222. The van der Waals surface area contributed by atoms with Crippen molar-refractivity contribution in [1.82, 2.24) is 14.0 Å². The van der Waals surface area contributed by atoms with Crippen molar-refractivity contribution in [2.45, 2.75) is 32.2 Å². The van der Waals surface area contributed by atoms with Crippen LogP contribution in [-0.2, 0) is 20.5 Å². The first-order chi connectivity index (χ1) is 9.72. The molecule has 1 fully saturated rings. The summed E-state index contributed by atoms with van der Waals surface area (Å²) in [4.78, 5) is 15.1. The molecule has 118 valence electrons. The van der Waals surface area contributed by atoms with Gasteiger partial charge in [0.1, 0.15) is 5.01 Å². The number of carboxylic acid groups (broad SMARTS) is 1. The molecule has 2 rings (SSSR count). The third kappa shape index (κ3) is 3.79. The second kappa shape index (κ2) is 5.99. The number of nitrogens with zero attached hydrogens (tertiary/aromatic N) is 2. The molecule has 7 nitrogen and oxygen atoms in total. The van der Waals surface area contributed by atoms with Crippen LogP contribution >= 0.6 is 11.3 Å². The summed E-state index contributed by atoms with van der Waals surface area (Å²) in [7, 11) is -3.66. The van der Waals surface area contributed by atoms with Crippen molar-refractivity contribution in [3.63, 3.8) is 0 Å². The van der Waals surface area contributed by atoms with Crippen LogP contribution in [0.1, 0.15) is 31.7 Å². The van der Waals surface area contributed by atoms with Gasteiger partial charge in [0.15, 0.2) is 0 Å². The van der Waals surface area contributed by atoms with Crippen molar-refractivity contribution < 1.29 is 18.3 Å². The van der Waals surface area contributed by atoms with Gasteiger partial charge in [-0.05, 0) is 26.7 Å². The van der Waals surface area contributed by atoms with Crippen LogP contribution in [-0.4, -0.2) is 41.9 Å². The summed E-state index contributed by atoms with van der Waals surface area (Å²) in [5.41, 5.74) is -0.795. The second-order valence-corrected chi connectivity index (χ2v) is 8.15. The summed E-state index contributed by atoms with van der Waals surface area (Å²) in [6, 6.07) is 0. The standard InChI is InChI=1S/C12H19N3O4S2/c1-12(2,11-13-5-8-20-11)14-21(18,19)15-6-3-9(4-7-15)10(16)17/h5,8-9,14H,3-4,6-7H2,1-2H3,(H,16,17). The molecule has 0 radical (unpaired) electrons. The molecule has 2 N–H and O–H groups in total. The fourth-order valence-corrected chi connectivity index (χ4v) is 4.65. The lowest BCUT2D eigenvalue weighted by Gasteiger charge is -2.32. The van der Waals surface area contributed by atoms with E-state index in [0.29, 0.717) is 17.8 Å². The van der Waals surface area contributed by atoms with E-state index in [1.54, 1.807) is 25.4 Å². The predicted octanol–water partition coefficient (Wildman–Crippen LogP) is 1.01. The lowest BCUT2D eigenvalue weighted by molar-refractivity contribution is -0.142. The van der Waals surface area contributed by atoms with Crippen molar-refractivity contribution in [2.75, 3.05) is 13.1 Å². The molecule has 0 bridgehead atoms. The Hall–Kier alpha value is -1.03. The van der Waals surface area contributed by atoms with Gasteiger partial charge in [0.2, 0.25) is 0 Å². The maximum absolute atomic E-state index is 12.4. The quantitative estimate of drug-likeness (QED) is 0.838. The fraction of sp³-hybridized carbons (Fsp3) is 0.667. The zero-order chi connectivity index (χ0) is 15.7. The molecule has 1 aliphatic heterocycles. The Morgan fingerprint density at radius 3 is 2.57 bits per heavy atom. The minimum Gasteiger partial charge on any atom is -0.481 e. The molecular formula is C12H19N3O4S2. The summed E-state index contributed by atoms with van der Waals surface area (Å²) in [6.45, 7) is 3.96. The maximum Gasteiger partial charge on any atom is 0.306 e. The monoisotopic (exact) mass is 333 g/mol. The lowest BCUT2D eigenvalue weighted by Crippen LogP contribution is -2.51. The highest BCUT2D eigenvalue weighted by Gasteiger charge is 2.35. The molecule has 1 aromatic rings. The highest BCUT2D eigenvalue weighted by Crippen LogP contribution is 2.25. The molecular weight excluding hydrogens is 314 g/mol. The van der Waals surface area contributed by atoms with Crippen LogP contribution in [0.5, 0.6) is 0 Å². The summed E-state index contributed by atoms with van der Waals surface area (Å²) >= 11 is 1.39. The van der Waals surface area contributed by atoms with Crippen LogP contribution in [0.3, 0.4) is 0 Å². The average Bonchev–Trinajstić information content (AvgIpc) is 2.92. The van der Waals surface area contributed by atoms with Gasteiger partial charge in [-0.15, -0.1) is 11.3 Å². The summed E-state index contributed by atoms with van der Waals surface area (Å²) in [5, 5.41) is 11.4. The van der Waals surface area contributed by atoms with Crippen LogP contribution in [0.15, 0.2) is 11.6 Å². The summed E-state index contributed by atoms with van der Waals surface area (Å²) in [6.07, 6.45) is 2.32. The van der Waals surface area contributed by atoms with Crippen LogP contribution in [0.25, 0.3) is 0 Å². The van der Waals surface area contributed by atoms with Crippen molar-refractivity contribution in [1.29, 1.82) is 0 Å². The molecule has 0 atom stereocenters. The number of carbonyl (C=O) groups is 1. The van der Waals surface area contributed by atoms with Crippen LogP contribution in [0.2, 0.25) is 0 Å². The Kier molecular flexibility index (Phi) is 4.66. The van der Waals surface area contributed by atoms with Crippen LogP contribution < -0.4 is 4.72 Å². The molecule has 2 heterocycles. The highest BCUT2D eigenvalue weighted by molar-refractivity contribution is 7.87. The lowest BCUT2D eigenvalue weighted by atomic mass is 9.99. The molecule has 21 heavy (non-hydrogen) atoms. The van der Waals surface area contributed by atoms with Crippen molar-refractivity contribution in [2.24, 2.45) is 5.92 Å². The first-order valence-corrected chi connectivity index (χ1v) is 8.96. The molecule has 1 aromatic heterocycles. The van der Waals surface area contributed by atoms with Crippen molar-refractivity contribution in [3.05, 3.63) is 16.6 Å². The number of carboxylic acids is 1. The molecule has 0 aromatic carbocycles. The van der Waals surface area contributed by atoms with E-state index >= 15 is 0 Å². The van der Waals surface area contributed by atoms with Gasteiger partial charge in [-0.2, -0.15) is 17.4 Å². The zero-order valence-corrected chi connectivity index (χ0v) is 13.6. The SMILES string of the molecule is CC(C)(NS(=O)(=O)N1CCC(C(=O)O)CC1)c1nccs1. The van der Waals surface area contributed by atoms with Gasteiger partial charge in [-0.25, -0.2) is 4.98 Å². The van der Waals surface area contributed by atoms with E-state index in [-0.39, 0.29) is 13.1 Å². The highest BCUT2D eigenvalue weighted by atomic mass is 32.2. The minimum atomic E-state index is -3.66. The molecule has 0 aliphatic carbocycles. The molecule has 0 unspecified atom stereocenters. The van der Waals surface area contributed by atoms with Crippen LogP contribution in [0, 0.1) is 5.92 Å². The second-order valence-electron chi connectivity index (χ2n) is 5.58. The Morgan fingerprint density at radius 2 is 2.10 bits per heavy atom. The van der Waals surface area contributed by atoms with E-state index < -0.39 is 27.6 Å². The maximum atomic E-state index is 12.4. The Labute approximate surface area is 128 Å². The van der Waals surface area contributed by atoms with E-state index in [4.69, 9.17) is 5.11 Å². The van der Waals surface area contributed by atoms with Crippen LogP contribution in [0.4, 0.5) is 0 Å². The Balaban J connectivity index is 2.05. The van der Waals surface area contributed by atoms with E-state index in [1.807, 2.05) is 0 Å². The smallest absolute Gasteiger partial charge is 0.306 e. The van der Waals surface area contributed by atoms with Crippen molar-refractivity contribution >= 4 is 27.5 Å². The largest absolute Gasteiger partial charge is 0.481 e. The molecule has 0 saturated carbocycles. The van der Waals surface area contributed by atoms with Gasteiger partial charge >= 0.3 is 5.97 Å². The topological polar surface area (TPSA) is 99.6 Å². The normalized spacial score (nSPS) is 18.8. The predicted molar refractivity (Wildman–Crippen MR) is 79.1 cm³/mol. The van der Waals surface area contributed by atoms with E-state index in [1.165, 1.54) is 15.6 Å². The number of thiazole rings is 1. The van der Waals surface area contributed by atoms with E-state index in [2.05, 4.69) is 9.71 Å². The van der Waals surface area contributed by atoms with Gasteiger partial charge in [0.05, 0.1) is 11.5 Å². The fourth-order valence-electron chi connectivity index (χ4n) is 2.31. The van der Waals surface area contributed by atoms with E-state index in [0.717, 1.165) is 0 Å². The Bertz CT molecular complexity index is 590. The van der Waals surface area contributed by atoms with Crippen molar-refractivity contribution in [3.8, 4) is 0 Å². The summed E-state index contributed by atoms with van der Waals surface area (Å²) < 4.78 is 28.8.